The third kappa shape index (κ3) is 4.52. The molecular weight excluding hydrogens is 390 g/mol. The van der Waals surface area contributed by atoms with Crippen molar-refractivity contribution in [2.24, 2.45) is 5.10 Å². The Hall–Kier alpha value is -3.27. The molecule has 0 radical (unpaired) electrons. The van der Waals surface area contributed by atoms with Crippen LogP contribution in [0.4, 0.5) is 8.78 Å². The molecule has 0 atom stereocenters. The molecule has 0 amide bonds. The van der Waals surface area contributed by atoms with Gasteiger partial charge in [-0.15, -0.1) is 0 Å². The van der Waals surface area contributed by atoms with E-state index in [-0.39, 0.29) is 16.3 Å². The Labute approximate surface area is 163 Å². The first-order valence-corrected chi connectivity index (χ1v) is 8.61. The van der Waals surface area contributed by atoms with E-state index in [2.05, 4.69) is 20.0 Å². The first-order valence-electron chi connectivity index (χ1n) is 8.20. The number of nitrogens with zero attached hydrogens (tertiary/aromatic N) is 3. The van der Waals surface area contributed by atoms with Crippen LogP contribution >= 0.6 is 12.2 Å². The minimum atomic E-state index is -2.89. The van der Waals surface area contributed by atoms with E-state index >= 15 is 0 Å². The third-order valence-electron chi connectivity index (χ3n) is 3.59. The maximum atomic E-state index is 12.3. The molecule has 0 spiro atoms. The first kappa shape index (κ1) is 19.5. The van der Waals surface area contributed by atoms with Crippen LogP contribution in [0, 0.1) is 4.77 Å². The molecule has 0 aliphatic heterocycles. The van der Waals surface area contributed by atoms with E-state index in [4.69, 9.17) is 17.0 Å². The number of aromatic hydroxyl groups is 1. The number of aromatic amines is 1. The minimum absolute atomic E-state index is 0.0331. The maximum absolute atomic E-state index is 12.3. The van der Waals surface area contributed by atoms with Crippen LogP contribution in [0.1, 0.15) is 12.5 Å². The van der Waals surface area contributed by atoms with Gasteiger partial charge in [0.15, 0.2) is 17.3 Å². The van der Waals surface area contributed by atoms with Gasteiger partial charge in [-0.05, 0) is 67.2 Å². The summed E-state index contributed by atoms with van der Waals surface area (Å²) in [6.45, 7) is -0.664. The molecule has 3 aromatic rings. The summed E-state index contributed by atoms with van der Waals surface area (Å²) >= 11 is 5.20. The third-order valence-corrected chi connectivity index (χ3v) is 3.86. The molecule has 10 heteroatoms. The zero-order chi connectivity index (χ0) is 20.1. The number of hydrogen-bond donors (Lipinski definition) is 2. The molecule has 0 fully saturated rings. The summed E-state index contributed by atoms with van der Waals surface area (Å²) in [6, 6.07) is 10.8. The highest BCUT2D eigenvalue weighted by Crippen LogP contribution is 2.26. The maximum Gasteiger partial charge on any atom is 0.387 e. The van der Waals surface area contributed by atoms with Crippen molar-refractivity contribution in [1.29, 1.82) is 0 Å². The monoisotopic (exact) mass is 406 g/mol. The van der Waals surface area contributed by atoms with Crippen LogP contribution in [0.2, 0.25) is 0 Å². The molecule has 0 unspecified atom stereocenters. The van der Waals surface area contributed by atoms with Crippen LogP contribution < -0.4 is 9.47 Å². The summed E-state index contributed by atoms with van der Waals surface area (Å²) in [5, 5.41) is 20.9. The molecule has 2 aromatic carbocycles. The van der Waals surface area contributed by atoms with Gasteiger partial charge in [-0.2, -0.15) is 23.7 Å². The summed E-state index contributed by atoms with van der Waals surface area (Å²) in [6.07, 6.45) is 1.53. The molecule has 1 aromatic heterocycles. The minimum Gasteiger partial charge on any atom is -0.504 e. The van der Waals surface area contributed by atoms with Crippen molar-refractivity contribution in [3.8, 4) is 28.6 Å². The second-order valence-corrected chi connectivity index (χ2v) is 5.86. The SMILES string of the molecule is CCOc1cc(/C=N/n2c(-c3ccc(OC(F)F)cc3)n[nH]c2=S)ccc1O. The molecule has 2 N–H and O–H groups in total. The van der Waals surface area contributed by atoms with Crippen molar-refractivity contribution in [3.05, 3.63) is 52.8 Å². The van der Waals surface area contributed by atoms with Gasteiger partial charge in [0.2, 0.25) is 4.77 Å². The van der Waals surface area contributed by atoms with Crippen molar-refractivity contribution >= 4 is 18.4 Å². The van der Waals surface area contributed by atoms with Gasteiger partial charge in [0.1, 0.15) is 5.75 Å². The fraction of sp³-hybridized carbons (Fsp3) is 0.167. The lowest BCUT2D eigenvalue weighted by Crippen LogP contribution is -2.01. The van der Waals surface area contributed by atoms with Gasteiger partial charge in [-0.3, -0.25) is 0 Å². The molecule has 0 saturated carbocycles. The van der Waals surface area contributed by atoms with Crippen molar-refractivity contribution in [1.82, 2.24) is 14.9 Å². The van der Waals surface area contributed by atoms with E-state index < -0.39 is 6.61 Å². The second kappa shape index (κ2) is 8.61. The molecule has 3 rings (SSSR count). The van der Waals surface area contributed by atoms with Gasteiger partial charge in [0, 0.05) is 5.56 Å². The quantitative estimate of drug-likeness (QED) is 0.454. The van der Waals surface area contributed by atoms with Crippen molar-refractivity contribution in [2.75, 3.05) is 6.61 Å². The Morgan fingerprint density at radius 3 is 2.71 bits per heavy atom. The predicted molar refractivity (Wildman–Crippen MR) is 102 cm³/mol. The van der Waals surface area contributed by atoms with Gasteiger partial charge >= 0.3 is 6.61 Å². The number of phenols is 1. The van der Waals surface area contributed by atoms with Crippen LogP contribution in [0.3, 0.4) is 0 Å². The number of ether oxygens (including phenoxy) is 2. The number of phenolic OH excluding ortho intramolecular Hbond substituents is 1. The molecule has 1 heterocycles. The number of rotatable bonds is 7. The average molecular weight is 406 g/mol. The molecular formula is C18H16F2N4O3S. The lowest BCUT2D eigenvalue weighted by Gasteiger charge is -2.06. The van der Waals surface area contributed by atoms with Gasteiger partial charge < -0.3 is 14.6 Å². The van der Waals surface area contributed by atoms with E-state index in [1.165, 1.54) is 29.1 Å². The van der Waals surface area contributed by atoms with Crippen LogP contribution in [-0.4, -0.2) is 39.4 Å². The Bertz CT molecular complexity index is 1030. The summed E-state index contributed by atoms with van der Waals surface area (Å²) in [5.74, 6) is 0.812. The van der Waals surface area contributed by atoms with E-state index in [1.807, 2.05) is 6.92 Å². The largest absolute Gasteiger partial charge is 0.504 e. The Balaban J connectivity index is 1.88. The van der Waals surface area contributed by atoms with E-state index in [9.17, 15) is 13.9 Å². The number of halogens is 2. The lowest BCUT2D eigenvalue weighted by atomic mass is 10.2. The molecule has 0 bridgehead atoms. The van der Waals surface area contributed by atoms with E-state index in [1.54, 1.807) is 24.3 Å². The summed E-state index contributed by atoms with van der Waals surface area (Å²) in [5.41, 5.74) is 1.28. The van der Waals surface area contributed by atoms with Gasteiger partial charge in [0.25, 0.3) is 0 Å². The summed E-state index contributed by atoms with van der Waals surface area (Å²) < 4.78 is 35.9. The normalized spacial score (nSPS) is 11.3. The fourth-order valence-electron chi connectivity index (χ4n) is 2.38. The van der Waals surface area contributed by atoms with E-state index in [0.29, 0.717) is 29.3 Å². The van der Waals surface area contributed by atoms with Crippen LogP contribution in [0.25, 0.3) is 11.4 Å². The standard InChI is InChI=1S/C18H16F2N4O3S/c1-2-26-15-9-11(3-8-14(15)25)10-21-24-16(22-23-18(24)28)12-4-6-13(7-5-12)27-17(19)20/h3-10,17,25H,2H2,1H3,(H,23,28)/b21-10+. The molecule has 0 saturated heterocycles. The first-order chi connectivity index (χ1) is 13.5. The number of aromatic nitrogens is 3. The van der Waals surface area contributed by atoms with Gasteiger partial charge in [-0.1, -0.05) is 0 Å². The Morgan fingerprint density at radius 2 is 2.04 bits per heavy atom. The highest BCUT2D eigenvalue weighted by atomic mass is 32.1. The second-order valence-electron chi connectivity index (χ2n) is 5.47. The van der Waals surface area contributed by atoms with Crippen molar-refractivity contribution in [2.45, 2.75) is 13.5 Å². The topological polar surface area (TPSA) is 84.7 Å². The van der Waals surface area contributed by atoms with Crippen LogP contribution in [-0.2, 0) is 0 Å². The zero-order valence-electron chi connectivity index (χ0n) is 14.7. The molecule has 7 nitrogen and oxygen atoms in total. The van der Waals surface area contributed by atoms with Crippen LogP contribution in [0.15, 0.2) is 47.6 Å². The summed E-state index contributed by atoms with van der Waals surface area (Å²) in [4.78, 5) is 0. The fourth-order valence-corrected chi connectivity index (χ4v) is 2.56. The number of nitrogens with one attached hydrogen (secondary N) is 1. The van der Waals surface area contributed by atoms with E-state index in [0.717, 1.165) is 0 Å². The summed E-state index contributed by atoms with van der Waals surface area (Å²) in [7, 11) is 0. The predicted octanol–water partition coefficient (Wildman–Crippen LogP) is 4.20. The van der Waals surface area contributed by atoms with Crippen LogP contribution in [0.5, 0.6) is 17.2 Å². The van der Waals surface area contributed by atoms with Crippen molar-refractivity contribution in [3.63, 3.8) is 0 Å². The number of hydrogen-bond acceptors (Lipinski definition) is 6. The highest BCUT2D eigenvalue weighted by molar-refractivity contribution is 7.71. The molecule has 0 aliphatic rings. The lowest BCUT2D eigenvalue weighted by molar-refractivity contribution is -0.0498. The Morgan fingerprint density at radius 1 is 1.29 bits per heavy atom. The van der Waals surface area contributed by atoms with Gasteiger partial charge in [-0.25, -0.2) is 5.10 Å². The van der Waals surface area contributed by atoms with Crippen molar-refractivity contribution < 1.29 is 23.4 Å². The number of alkyl halides is 2. The molecule has 28 heavy (non-hydrogen) atoms. The average Bonchev–Trinajstić information content (AvgIpc) is 3.03. The Kier molecular flexibility index (Phi) is 5.99. The highest BCUT2D eigenvalue weighted by Gasteiger charge is 2.10. The van der Waals surface area contributed by atoms with Gasteiger partial charge in [0.05, 0.1) is 12.8 Å². The number of benzene rings is 2. The molecule has 146 valence electrons. The number of H-pyrrole nitrogens is 1. The smallest absolute Gasteiger partial charge is 0.387 e. The zero-order valence-corrected chi connectivity index (χ0v) is 15.5. The molecule has 0 aliphatic carbocycles.